The molecule has 8 nitrogen and oxygen atoms in total. The van der Waals surface area contributed by atoms with Crippen LogP contribution in [-0.2, 0) is 4.84 Å². The van der Waals surface area contributed by atoms with Gasteiger partial charge in [0.15, 0.2) is 0 Å². The smallest absolute Gasteiger partial charge is 0.362 e. The van der Waals surface area contributed by atoms with E-state index in [0.717, 1.165) is 0 Å². The number of anilines is 1. The van der Waals surface area contributed by atoms with E-state index in [9.17, 15) is 9.59 Å². The SMILES string of the molecule is COc1ccc(C(=O)ONc2ccc(N=NC(=O)c3ccccc3OC)cc2)cc1. The van der Waals surface area contributed by atoms with Crippen LogP contribution in [0.15, 0.2) is 83.0 Å². The van der Waals surface area contributed by atoms with Crippen LogP contribution in [0.25, 0.3) is 0 Å². The van der Waals surface area contributed by atoms with Crippen molar-refractivity contribution in [2.45, 2.75) is 0 Å². The minimum atomic E-state index is -0.538. The average Bonchev–Trinajstić information content (AvgIpc) is 2.81. The maximum absolute atomic E-state index is 12.2. The van der Waals surface area contributed by atoms with Crippen molar-refractivity contribution in [2.75, 3.05) is 19.7 Å². The number of hydrogen-bond donors (Lipinski definition) is 1. The molecular weight excluding hydrogens is 386 g/mol. The van der Waals surface area contributed by atoms with Crippen molar-refractivity contribution in [3.8, 4) is 11.5 Å². The molecule has 1 amide bonds. The number of ether oxygens (including phenoxy) is 2. The standard InChI is InChI=1S/C22H19N3O5/c1-28-18-13-7-15(8-14-18)22(27)30-25-17-11-9-16(10-12-17)23-24-21(26)19-5-3-4-6-20(19)29-2/h3-14,25H,1-2H3. The van der Waals surface area contributed by atoms with Crippen LogP contribution < -0.4 is 15.0 Å². The molecule has 0 heterocycles. The number of carbonyl (C=O) groups is 2. The van der Waals surface area contributed by atoms with Crippen molar-refractivity contribution in [1.82, 2.24) is 0 Å². The zero-order valence-corrected chi connectivity index (χ0v) is 16.4. The fourth-order valence-corrected chi connectivity index (χ4v) is 2.47. The third-order valence-corrected chi connectivity index (χ3v) is 4.05. The first-order chi connectivity index (χ1) is 14.6. The highest BCUT2D eigenvalue weighted by molar-refractivity contribution is 5.97. The summed E-state index contributed by atoms with van der Waals surface area (Å²) in [4.78, 5) is 29.3. The fraction of sp³-hybridized carbons (Fsp3) is 0.0909. The van der Waals surface area contributed by atoms with E-state index in [2.05, 4.69) is 15.7 Å². The molecular formula is C22H19N3O5. The fourth-order valence-electron chi connectivity index (χ4n) is 2.47. The Morgan fingerprint density at radius 3 is 2.20 bits per heavy atom. The third kappa shape index (κ3) is 5.20. The number of methoxy groups -OCH3 is 2. The maximum atomic E-state index is 12.2. The molecule has 0 radical (unpaired) electrons. The lowest BCUT2D eigenvalue weighted by molar-refractivity contribution is 0.0596. The second kappa shape index (κ2) is 9.83. The van der Waals surface area contributed by atoms with Gasteiger partial charge in [0.05, 0.1) is 36.7 Å². The summed E-state index contributed by atoms with van der Waals surface area (Å²) in [6.45, 7) is 0. The Balaban J connectivity index is 1.57. The summed E-state index contributed by atoms with van der Waals surface area (Å²) in [7, 11) is 3.03. The molecule has 0 saturated carbocycles. The predicted molar refractivity (Wildman–Crippen MR) is 110 cm³/mol. The second-order valence-corrected chi connectivity index (χ2v) is 5.97. The summed E-state index contributed by atoms with van der Waals surface area (Å²) < 4.78 is 10.2. The molecule has 0 aromatic heterocycles. The lowest BCUT2D eigenvalue weighted by Crippen LogP contribution is -2.10. The van der Waals surface area contributed by atoms with Gasteiger partial charge in [-0.25, -0.2) is 10.3 Å². The van der Waals surface area contributed by atoms with Gasteiger partial charge in [-0.3, -0.25) is 4.79 Å². The first kappa shape index (κ1) is 20.5. The summed E-state index contributed by atoms with van der Waals surface area (Å²) in [5.41, 5.74) is 4.27. The van der Waals surface area contributed by atoms with Crippen LogP contribution in [-0.4, -0.2) is 26.1 Å². The number of para-hydroxylation sites is 1. The largest absolute Gasteiger partial charge is 0.497 e. The highest BCUT2D eigenvalue weighted by Gasteiger charge is 2.10. The van der Waals surface area contributed by atoms with E-state index in [0.29, 0.717) is 34.0 Å². The lowest BCUT2D eigenvalue weighted by atomic mass is 10.2. The van der Waals surface area contributed by atoms with E-state index >= 15 is 0 Å². The average molecular weight is 405 g/mol. The second-order valence-electron chi connectivity index (χ2n) is 5.97. The van der Waals surface area contributed by atoms with E-state index in [-0.39, 0.29) is 0 Å². The molecule has 0 aliphatic rings. The van der Waals surface area contributed by atoms with Gasteiger partial charge in [-0.05, 0) is 60.7 Å². The Labute approximate surface area is 173 Å². The Hall–Kier alpha value is -4.20. The molecule has 0 atom stereocenters. The molecule has 1 N–H and O–H groups in total. The lowest BCUT2D eigenvalue weighted by Gasteiger charge is -2.07. The summed E-state index contributed by atoms with van der Waals surface area (Å²) >= 11 is 0. The highest BCUT2D eigenvalue weighted by Crippen LogP contribution is 2.21. The van der Waals surface area contributed by atoms with Gasteiger partial charge >= 0.3 is 5.97 Å². The summed E-state index contributed by atoms with van der Waals surface area (Å²) in [6.07, 6.45) is 0. The van der Waals surface area contributed by atoms with E-state index in [1.54, 1.807) is 79.9 Å². The Kier molecular flexibility index (Phi) is 6.73. The number of benzene rings is 3. The number of hydrogen-bond acceptors (Lipinski definition) is 7. The van der Waals surface area contributed by atoms with Crippen molar-refractivity contribution in [1.29, 1.82) is 0 Å². The zero-order chi connectivity index (χ0) is 21.3. The Bertz CT molecular complexity index is 1050. The van der Waals surface area contributed by atoms with Gasteiger partial charge in [0.25, 0.3) is 5.91 Å². The van der Waals surface area contributed by atoms with Crippen LogP contribution >= 0.6 is 0 Å². The third-order valence-electron chi connectivity index (χ3n) is 4.05. The minimum Gasteiger partial charge on any atom is -0.497 e. The number of carbonyl (C=O) groups excluding carboxylic acids is 2. The van der Waals surface area contributed by atoms with Crippen molar-refractivity contribution in [3.05, 3.63) is 83.9 Å². The highest BCUT2D eigenvalue weighted by atomic mass is 16.7. The van der Waals surface area contributed by atoms with E-state index in [1.807, 2.05) is 0 Å². The van der Waals surface area contributed by atoms with Gasteiger partial charge in [0, 0.05) is 0 Å². The number of amides is 1. The van der Waals surface area contributed by atoms with Crippen molar-refractivity contribution < 1.29 is 23.9 Å². The van der Waals surface area contributed by atoms with Crippen LogP contribution in [0, 0.1) is 0 Å². The molecule has 0 saturated heterocycles. The summed E-state index contributed by atoms with van der Waals surface area (Å²) in [5.74, 6) is 0.0278. The molecule has 30 heavy (non-hydrogen) atoms. The molecule has 3 aromatic rings. The Morgan fingerprint density at radius 2 is 1.53 bits per heavy atom. The predicted octanol–water partition coefficient (Wildman–Crippen LogP) is 4.81. The molecule has 0 aliphatic heterocycles. The van der Waals surface area contributed by atoms with Crippen molar-refractivity contribution >= 4 is 23.3 Å². The Morgan fingerprint density at radius 1 is 0.833 bits per heavy atom. The molecule has 3 rings (SSSR count). The molecule has 8 heteroatoms. The van der Waals surface area contributed by atoms with Crippen LogP contribution in [0.2, 0.25) is 0 Å². The number of nitrogens with zero attached hydrogens (tertiary/aromatic N) is 2. The molecule has 3 aromatic carbocycles. The first-order valence-electron chi connectivity index (χ1n) is 8.91. The molecule has 0 fully saturated rings. The van der Waals surface area contributed by atoms with E-state index < -0.39 is 11.9 Å². The van der Waals surface area contributed by atoms with Crippen molar-refractivity contribution in [3.63, 3.8) is 0 Å². The van der Waals surface area contributed by atoms with Gasteiger partial charge in [0.1, 0.15) is 11.5 Å². The van der Waals surface area contributed by atoms with Gasteiger partial charge in [-0.2, -0.15) is 0 Å². The maximum Gasteiger partial charge on any atom is 0.362 e. The van der Waals surface area contributed by atoms with Gasteiger partial charge in [0.2, 0.25) is 0 Å². The topological polar surface area (TPSA) is 98.6 Å². The van der Waals surface area contributed by atoms with E-state index in [4.69, 9.17) is 14.3 Å². The zero-order valence-electron chi connectivity index (χ0n) is 16.4. The number of nitrogens with one attached hydrogen (secondary N) is 1. The molecule has 0 bridgehead atoms. The van der Waals surface area contributed by atoms with Crippen LogP contribution in [0.1, 0.15) is 20.7 Å². The van der Waals surface area contributed by atoms with E-state index in [1.165, 1.54) is 7.11 Å². The summed E-state index contributed by atoms with van der Waals surface area (Å²) in [6, 6.07) is 19.9. The molecule has 0 aliphatic carbocycles. The normalized spacial score (nSPS) is 10.5. The molecule has 152 valence electrons. The van der Waals surface area contributed by atoms with Gasteiger partial charge in [-0.1, -0.05) is 12.1 Å². The van der Waals surface area contributed by atoms with Crippen LogP contribution in [0.5, 0.6) is 11.5 Å². The monoisotopic (exact) mass is 405 g/mol. The van der Waals surface area contributed by atoms with Crippen molar-refractivity contribution in [2.24, 2.45) is 10.2 Å². The quantitative estimate of drug-likeness (QED) is 0.447. The number of rotatable bonds is 7. The minimum absolute atomic E-state index is 0.326. The number of azo groups is 1. The van der Waals surface area contributed by atoms with Crippen LogP contribution in [0.4, 0.5) is 11.4 Å². The van der Waals surface area contributed by atoms with Gasteiger partial charge in [-0.15, -0.1) is 10.2 Å². The molecule has 0 spiro atoms. The first-order valence-corrected chi connectivity index (χ1v) is 8.91. The van der Waals surface area contributed by atoms with Crippen LogP contribution in [0.3, 0.4) is 0 Å². The summed E-state index contributed by atoms with van der Waals surface area (Å²) in [5, 5.41) is 7.65. The molecule has 0 unspecified atom stereocenters. The van der Waals surface area contributed by atoms with Gasteiger partial charge < -0.3 is 14.3 Å².